The van der Waals surface area contributed by atoms with Crippen molar-refractivity contribution in [2.75, 3.05) is 6.61 Å². The fourth-order valence-electron chi connectivity index (χ4n) is 0.781. The second-order valence-electron chi connectivity index (χ2n) is 3.15. The summed E-state index contributed by atoms with van der Waals surface area (Å²) in [5.74, 6) is -1.67. The van der Waals surface area contributed by atoms with Crippen LogP contribution in [0.4, 0.5) is 0 Å². The Bertz CT molecular complexity index is 316. The van der Waals surface area contributed by atoms with E-state index in [2.05, 4.69) is 0 Å². The Morgan fingerprint density at radius 1 is 1.06 bits per heavy atom. The zero-order chi connectivity index (χ0) is 14.6. The number of benzene rings is 1. The first kappa shape index (κ1) is 18.4. The first-order chi connectivity index (χ1) is 8.31. The minimum atomic E-state index is -0.833. The molecule has 0 amide bonds. The van der Waals surface area contributed by atoms with E-state index in [-0.39, 0.29) is 6.61 Å². The molecule has 0 heterocycles. The van der Waals surface area contributed by atoms with E-state index in [0.29, 0.717) is 0 Å². The molecule has 4 N–H and O–H groups in total. The van der Waals surface area contributed by atoms with Crippen LogP contribution in [0.1, 0.15) is 25.5 Å². The summed E-state index contributed by atoms with van der Waals surface area (Å²) in [6.07, 6.45) is -0.735. The average Bonchev–Trinajstić information content (AvgIpc) is 2.28. The number of rotatable bonds is 2. The molecule has 0 aliphatic heterocycles. The number of aliphatic hydroxyl groups is 2. The van der Waals surface area contributed by atoms with Gasteiger partial charge in [0.05, 0.1) is 6.61 Å². The molecular weight excluding hydrogens is 240 g/mol. The minimum absolute atomic E-state index is 0.218. The predicted molar refractivity (Wildman–Crippen MR) is 65.1 cm³/mol. The Hall–Kier alpha value is -1.92. The third-order valence-corrected chi connectivity index (χ3v) is 1.36. The number of aliphatic carboxylic acids is 2. The monoisotopic (exact) mass is 258 g/mol. The number of carboxylic acids is 2. The van der Waals surface area contributed by atoms with Crippen LogP contribution in [0.3, 0.4) is 0 Å². The van der Waals surface area contributed by atoms with Gasteiger partial charge in [-0.1, -0.05) is 30.3 Å². The molecule has 1 unspecified atom stereocenters. The summed E-state index contributed by atoms with van der Waals surface area (Å²) in [5, 5.41) is 32.5. The molecule has 18 heavy (non-hydrogen) atoms. The van der Waals surface area contributed by atoms with Gasteiger partial charge < -0.3 is 20.4 Å². The summed E-state index contributed by atoms with van der Waals surface area (Å²) in [7, 11) is 0. The van der Waals surface area contributed by atoms with Crippen LogP contribution in [-0.2, 0) is 9.59 Å². The van der Waals surface area contributed by atoms with Gasteiger partial charge in [0.25, 0.3) is 11.9 Å². The smallest absolute Gasteiger partial charge is 0.300 e. The van der Waals surface area contributed by atoms with Gasteiger partial charge in [0, 0.05) is 13.8 Å². The maximum absolute atomic E-state index is 9.08. The Labute approximate surface area is 105 Å². The lowest BCUT2D eigenvalue weighted by Crippen LogP contribution is -2.01. The molecule has 0 bridgehead atoms. The van der Waals surface area contributed by atoms with E-state index in [9.17, 15) is 0 Å². The van der Waals surface area contributed by atoms with Gasteiger partial charge in [0.15, 0.2) is 0 Å². The average molecular weight is 258 g/mol. The molecule has 0 radical (unpaired) electrons. The Kier molecular flexibility index (Phi) is 11.8. The Balaban J connectivity index is 0. The van der Waals surface area contributed by atoms with E-state index in [1.165, 1.54) is 0 Å². The van der Waals surface area contributed by atoms with Gasteiger partial charge in [0.1, 0.15) is 6.10 Å². The quantitative estimate of drug-likeness (QED) is 0.626. The summed E-state index contributed by atoms with van der Waals surface area (Å²) in [6, 6.07) is 9.08. The van der Waals surface area contributed by atoms with Gasteiger partial charge in [-0.15, -0.1) is 0 Å². The van der Waals surface area contributed by atoms with E-state index in [1.54, 1.807) is 12.1 Å². The zero-order valence-corrected chi connectivity index (χ0v) is 10.3. The molecule has 0 aromatic heterocycles. The summed E-state index contributed by atoms with van der Waals surface area (Å²) in [4.78, 5) is 18.0. The summed E-state index contributed by atoms with van der Waals surface area (Å²) >= 11 is 0. The lowest BCUT2D eigenvalue weighted by atomic mass is 10.1. The molecular formula is C12H18O6. The highest BCUT2D eigenvalue weighted by Gasteiger charge is 2.02. The molecule has 0 saturated carbocycles. The molecule has 1 aromatic carbocycles. The molecule has 0 fully saturated rings. The molecule has 0 spiro atoms. The van der Waals surface area contributed by atoms with Crippen LogP contribution < -0.4 is 0 Å². The number of hydrogen-bond donors (Lipinski definition) is 4. The van der Waals surface area contributed by atoms with Crippen LogP contribution in [-0.4, -0.2) is 39.0 Å². The van der Waals surface area contributed by atoms with E-state index in [1.807, 2.05) is 18.2 Å². The summed E-state index contributed by atoms with van der Waals surface area (Å²) < 4.78 is 0. The van der Waals surface area contributed by atoms with Gasteiger partial charge >= 0.3 is 0 Å². The first-order valence-corrected chi connectivity index (χ1v) is 5.04. The lowest BCUT2D eigenvalue weighted by Gasteiger charge is -2.05. The Morgan fingerprint density at radius 3 is 1.67 bits per heavy atom. The summed E-state index contributed by atoms with van der Waals surface area (Å²) in [6.45, 7) is 1.95. The number of aliphatic hydroxyl groups excluding tert-OH is 2. The molecule has 1 atom stereocenters. The number of carboxylic acid groups (broad SMARTS) is 2. The second-order valence-corrected chi connectivity index (χ2v) is 3.15. The highest BCUT2D eigenvalue weighted by molar-refractivity contribution is 5.63. The lowest BCUT2D eigenvalue weighted by molar-refractivity contribution is -0.135. The minimum Gasteiger partial charge on any atom is -0.481 e. The molecule has 0 aliphatic rings. The summed E-state index contributed by atoms with van der Waals surface area (Å²) in [5.41, 5.74) is 0.755. The van der Waals surface area contributed by atoms with Crippen LogP contribution in [0, 0.1) is 0 Å². The van der Waals surface area contributed by atoms with Gasteiger partial charge in [-0.25, -0.2) is 0 Å². The number of hydrogen-bond acceptors (Lipinski definition) is 4. The maximum Gasteiger partial charge on any atom is 0.300 e. The highest BCUT2D eigenvalue weighted by atomic mass is 16.4. The van der Waals surface area contributed by atoms with Gasteiger partial charge in [0.2, 0.25) is 0 Å². The molecule has 102 valence electrons. The third-order valence-electron chi connectivity index (χ3n) is 1.36. The molecule has 0 saturated heterocycles. The molecule has 6 heteroatoms. The topological polar surface area (TPSA) is 115 Å². The van der Waals surface area contributed by atoms with Crippen molar-refractivity contribution in [2.24, 2.45) is 0 Å². The van der Waals surface area contributed by atoms with Crippen molar-refractivity contribution >= 4 is 11.9 Å². The molecule has 0 aliphatic carbocycles. The van der Waals surface area contributed by atoms with Crippen LogP contribution in [0.15, 0.2) is 30.3 Å². The zero-order valence-electron chi connectivity index (χ0n) is 10.3. The fraction of sp³-hybridized carbons (Fsp3) is 0.333. The van der Waals surface area contributed by atoms with E-state index in [0.717, 1.165) is 19.4 Å². The maximum atomic E-state index is 9.08. The molecule has 1 rings (SSSR count). The van der Waals surface area contributed by atoms with Crippen LogP contribution in [0.25, 0.3) is 0 Å². The van der Waals surface area contributed by atoms with Crippen molar-refractivity contribution in [1.29, 1.82) is 0 Å². The van der Waals surface area contributed by atoms with Crippen molar-refractivity contribution in [3.05, 3.63) is 35.9 Å². The van der Waals surface area contributed by atoms with Gasteiger partial charge in [-0.3, -0.25) is 9.59 Å². The van der Waals surface area contributed by atoms with E-state index >= 15 is 0 Å². The molecule has 6 nitrogen and oxygen atoms in total. The van der Waals surface area contributed by atoms with Crippen molar-refractivity contribution in [1.82, 2.24) is 0 Å². The van der Waals surface area contributed by atoms with Crippen molar-refractivity contribution in [3.63, 3.8) is 0 Å². The first-order valence-electron chi connectivity index (χ1n) is 5.04. The number of carbonyl (C=O) groups is 2. The van der Waals surface area contributed by atoms with Crippen molar-refractivity contribution in [3.8, 4) is 0 Å². The normalized spacial score (nSPS) is 10.0. The fourth-order valence-corrected chi connectivity index (χ4v) is 0.781. The third kappa shape index (κ3) is 16.5. The standard InChI is InChI=1S/C8H10O2.2C2H4O2/c9-6-8(10)7-4-2-1-3-5-7;2*1-2(3)4/h1-5,8-10H,6H2;2*1H3,(H,3,4). The predicted octanol–water partition coefficient (Wildman–Crippen LogP) is 0.894. The van der Waals surface area contributed by atoms with E-state index < -0.39 is 18.0 Å². The van der Waals surface area contributed by atoms with Crippen molar-refractivity contribution in [2.45, 2.75) is 20.0 Å². The van der Waals surface area contributed by atoms with Gasteiger partial charge in [-0.2, -0.15) is 0 Å². The Morgan fingerprint density at radius 2 is 1.39 bits per heavy atom. The van der Waals surface area contributed by atoms with Crippen LogP contribution in [0.2, 0.25) is 0 Å². The van der Waals surface area contributed by atoms with Gasteiger partial charge in [-0.05, 0) is 5.56 Å². The van der Waals surface area contributed by atoms with Crippen LogP contribution in [0.5, 0.6) is 0 Å². The highest BCUT2D eigenvalue weighted by Crippen LogP contribution is 2.09. The second kappa shape index (κ2) is 11.6. The van der Waals surface area contributed by atoms with E-state index in [4.69, 9.17) is 30.0 Å². The van der Waals surface area contributed by atoms with Crippen LogP contribution >= 0.6 is 0 Å². The van der Waals surface area contributed by atoms with Crippen molar-refractivity contribution < 1.29 is 30.0 Å². The molecule has 1 aromatic rings. The SMILES string of the molecule is CC(=O)O.CC(=O)O.OCC(O)c1ccccc1. The largest absolute Gasteiger partial charge is 0.481 e.